The summed E-state index contributed by atoms with van der Waals surface area (Å²) in [6, 6.07) is 5.49. The molecule has 2 aromatic rings. The van der Waals surface area contributed by atoms with E-state index in [2.05, 4.69) is 15.5 Å². The number of phenolic OH excluding ortho intramolecular Hbond substituents is 1. The average molecular weight is 276 g/mol. The number of nitro benzene ring substituents is 1. The van der Waals surface area contributed by atoms with E-state index in [1.807, 2.05) is 0 Å². The van der Waals surface area contributed by atoms with Crippen molar-refractivity contribution in [2.75, 3.05) is 5.32 Å². The minimum atomic E-state index is -0.725. The average Bonchev–Trinajstić information content (AvgIpc) is 2.41. The van der Waals surface area contributed by atoms with E-state index >= 15 is 0 Å². The maximum absolute atomic E-state index is 11.8. The predicted molar refractivity (Wildman–Crippen MR) is 67.6 cm³/mol. The van der Waals surface area contributed by atoms with Crippen molar-refractivity contribution in [3.05, 3.63) is 56.5 Å². The van der Waals surface area contributed by atoms with Crippen LogP contribution in [0.4, 0.5) is 11.4 Å². The third-order valence-corrected chi connectivity index (χ3v) is 2.35. The fraction of sp³-hybridized carbons (Fsp3) is 0. The molecule has 102 valence electrons. The molecule has 0 unspecified atom stereocenters. The van der Waals surface area contributed by atoms with Crippen LogP contribution in [0.1, 0.15) is 10.5 Å². The molecule has 9 heteroatoms. The van der Waals surface area contributed by atoms with E-state index in [-0.39, 0.29) is 22.8 Å². The first-order valence-corrected chi connectivity index (χ1v) is 5.32. The number of anilines is 1. The van der Waals surface area contributed by atoms with E-state index in [4.69, 9.17) is 0 Å². The number of hydrogen-bond acceptors (Lipinski definition) is 6. The van der Waals surface area contributed by atoms with Gasteiger partial charge < -0.3 is 10.4 Å². The highest BCUT2D eigenvalue weighted by Gasteiger charge is 2.14. The number of hydrogen-bond donors (Lipinski definition) is 3. The van der Waals surface area contributed by atoms with Crippen LogP contribution in [0.5, 0.6) is 5.75 Å². The van der Waals surface area contributed by atoms with Gasteiger partial charge in [-0.1, -0.05) is 0 Å². The zero-order chi connectivity index (χ0) is 14.7. The Labute approximate surface area is 111 Å². The molecule has 0 atom stereocenters. The van der Waals surface area contributed by atoms with Gasteiger partial charge in [0.25, 0.3) is 17.2 Å². The van der Waals surface area contributed by atoms with Crippen LogP contribution in [-0.4, -0.2) is 26.1 Å². The molecule has 9 nitrogen and oxygen atoms in total. The maximum atomic E-state index is 11.8. The minimum absolute atomic E-state index is 0.101. The van der Waals surface area contributed by atoms with Crippen LogP contribution in [0.2, 0.25) is 0 Å². The smallest absolute Gasteiger partial charge is 0.276 e. The molecular formula is C11H8N4O5. The fourth-order valence-electron chi connectivity index (χ4n) is 1.40. The predicted octanol–water partition coefficient (Wildman–Crippen LogP) is 0.636. The summed E-state index contributed by atoms with van der Waals surface area (Å²) in [4.78, 5) is 32.6. The Morgan fingerprint density at radius 2 is 2.10 bits per heavy atom. The van der Waals surface area contributed by atoms with E-state index in [0.29, 0.717) is 0 Å². The van der Waals surface area contributed by atoms with E-state index in [9.17, 15) is 24.8 Å². The van der Waals surface area contributed by atoms with Crippen molar-refractivity contribution in [2.45, 2.75) is 0 Å². The maximum Gasteiger partial charge on any atom is 0.276 e. The number of phenols is 1. The first kappa shape index (κ1) is 13.2. The molecule has 1 heterocycles. The van der Waals surface area contributed by atoms with Crippen LogP contribution in [0.25, 0.3) is 0 Å². The van der Waals surface area contributed by atoms with Crippen molar-refractivity contribution >= 4 is 17.3 Å². The van der Waals surface area contributed by atoms with E-state index in [0.717, 1.165) is 24.3 Å². The van der Waals surface area contributed by atoms with Gasteiger partial charge >= 0.3 is 0 Å². The Morgan fingerprint density at radius 1 is 1.35 bits per heavy atom. The Bertz CT molecular complexity index is 719. The number of nitrogens with zero attached hydrogens (tertiary/aromatic N) is 2. The van der Waals surface area contributed by atoms with E-state index < -0.39 is 16.4 Å². The largest absolute Gasteiger partial charge is 0.506 e. The molecule has 0 saturated heterocycles. The third-order valence-electron chi connectivity index (χ3n) is 2.35. The summed E-state index contributed by atoms with van der Waals surface area (Å²) in [5, 5.41) is 28.0. The van der Waals surface area contributed by atoms with Gasteiger partial charge in [-0.3, -0.25) is 19.7 Å². The lowest BCUT2D eigenvalue weighted by Crippen LogP contribution is -2.17. The Balaban J connectivity index is 2.27. The molecule has 0 saturated carbocycles. The molecule has 0 aliphatic heterocycles. The second kappa shape index (κ2) is 5.18. The Hall–Kier alpha value is -3.23. The number of amides is 1. The van der Waals surface area contributed by atoms with Crippen molar-refractivity contribution < 1.29 is 14.8 Å². The topological polar surface area (TPSA) is 138 Å². The monoisotopic (exact) mass is 276 g/mol. The number of carbonyl (C=O) groups excluding carboxylic acids is 1. The zero-order valence-electron chi connectivity index (χ0n) is 9.86. The number of H-pyrrole nitrogens is 1. The Morgan fingerprint density at radius 3 is 2.70 bits per heavy atom. The third kappa shape index (κ3) is 2.77. The van der Waals surface area contributed by atoms with Crippen molar-refractivity contribution in [3.8, 4) is 5.75 Å². The molecule has 0 aliphatic carbocycles. The lowest BCUT2D eigenvalue weighted by molar-refractivity contribution is -0.384. The number of aromatic amines is 1. The van der Waals surface area contributed by atoms with Gasteiger partial charge in [0.05, 0.1) is 10.6 Å². The molecule has 0 aliphatic rings. The van der Waals surface area contributed by atoms with Crippen molar-refractivity contribution in [3.63, 3.8) is 0 Å². The highest BCUT2D eigenvalue weighted by atomic mass is 16.6. The van der Waals surface area contributed by atoms with Crippen LogP contribution in [0.3, 0.4) is 0 Å². The number of benzene rings is 1. The number of aromatic nitrogens is 2. The molecule has 1 aromatic carbocycles. The summed E-state index contributed by atoms with van der Waals surface area (Å²) in [6.45, 7) is 0. The molecule has 0 fully saturated rings. The molecule has 1 amide bonds. The van der Waals surface area contributed by atoms with Crippen LogP contribution in [0.15, 0.2) is 35.1 Å². The van der Waals surface area contributed by atoms with Gasteiger partial charge in [-0.25, -0.2) is 5.10 Å². The summed E-state index contributed by atoms with van der Waals surface area (Å²) in [5.41, 5.74) is -0.986. The molecule has 1 aromatic heterocycles. The molecular weight excluding hydrogens is 268 g/mol. The minimum Gasteiger partial charge on any atom is -0.506 e. The van der Waals surface area contributed by atoms with Gasteiger partial charge in [-0.2, -0.15) is 5.10 Å². The summed E-state index contributed by atoms with van der Waals surface area (Å²) in [6.07, 6.45) is 0. The van der Waals surface area contributed by atoms with Gasteiger partial charge in [0, 0.05) is 18.2 Å². The van der Waals surface area contributed by atoms with Crippen LogP contribution < -0.4 is 10.9 Å². The van der Waals surface area contributed by atoms with Gasteiger partial charge in [0.1, 0.15) is 11.4 Å². The normalized spacial score (nSPS) is 10.0. The fourth-order valence-corrected chi connectivity index (χ4v) is 1.40. The highest BCUT2D eigenvalue weighted by Crippen LogP contribution is 2.27. The van der Waals surface area contributed by atoms with Crippen molar-refractivity contribution in [1.82, 2.24) is 10.2 Å². The number of non-ortho nitro benzene ring substituents is 1. The van der Waals surface area contributed by atoms with Gasteiger partial charge in [0.2, 0.25) is 0 Å². The molecule has 2 rings (SSSR count). The van der Waals surface area contributed by atoms with Crippen LogP contribution in [-0.2, 0) is 0 Å². The highest BCUT2D eigenvalue weighted by molar-refractivity contribution is 6.03. The Kier molecular flexibility index (Phi) is 3.42. The van der Waals surface area contributed by atoms with Crippen molar-refractivity contribution in [1.29, 1.82) is 0 Å². The van der Waals surface area contributed by atoms with E-state index in [1.165, 1.54) is 6.07 Å². The van der Waals surface area contributed by atoms with Crippen LogP contribution in [0, 0.1) is 10.1 Å². The molecule has 20 heavy (non-hydrogen) atoms. The number of aromatic hydroxyl groups is 1. The van der Waals surface area contributed by atoms with Gasteiger partial charge in [0.15, 0.2) is 0 Å². The summed E-state index contributed by atoms with van der Waals surface area (Å²) < 4.78 is 0. The first-order valence-electron chi connectivity index (χ1n) is 5.32. The zero-order valence-corrected chi connectivity index (χ0v) is 9.86. The second-order valence-electron chi connectivity index (χ2n) is 3.72. The van der Waals surface area contributed by atoms with Crippen LogP contribution >= 0.6 is 0 Å². The summed E-state index contributed by atoms with van der Waals surface area (Å²) in [5.74, 6) is -1.05. The van der Waals surface area contributed by atoms with Gasteiger partial charge in [-0.15, -0.1) is 0 Å². The number of nitro groups is 1. The first-order chi connectivity index (χ1) is 9.47. The summed E-state index contributed by atoms with van der Waals surface area (Å²) in [7, 11) is 0. The quantitative estimate of drug-likeness (QED) is 0.427. The number of rotatable bonds is 3. The molecule has 0 bridgehead atoms. The number of carbonyl (C=O) groups is 1. The molecule has 0 spiro atoms. The molecule has 0 radical (unpaired) electrons. The second-order valence-corrected chi connectivity index (χ2v) is 3.72. The number of nitrogens with one attached hydrogen (secondary N) is 2. The van der Waals surface area contributed by atoms with Crippen molar-refractivity contribution in [2.24, 2.45) is 0 Å². The lowest BCUT2D eigenvalue weighted by atomic mass is 10.2. The standard InChI is InChI=1S/C11H8N4O5/c16-9-3-1-6(15(19)20)5-8(9)12-11(18)7-2-4-10(17)14-13-7/h1-5,16H,(H,12,18)(H,14,17). The van der Waals surface area contributed by atoms with Gasteiger partial charge in [-0.05, 0) is 12.1 Å². The lowest BCUT2D eigenvalue weighted by Gasteiger charge is -2.06. The molecule has 3 N–H and O–H groups in total. The van der Waals surface area contributed by atoms with E-state index in [1.54, 1.807) is 0 Å². The summed E-state index contributed by atoms with van der Waals surface area (Å²) >= 11 is 0. The SMILES string of the molecule is O=C(Nc1cc([N+](=O)[O-])ccc1O)c1ccc(=O)[nH]n1.